The van der Waals surface area contributed by atoms with Crippen molar-refractivity contribution in [1.29, 1.82) is 0 Å². The third-order valence-corrected chi connectivity index (χ3v) is 3.81. The number of nitrogens with one attached hydrogen (secondary N) is 1. The molecule has 5 nitrogen and oxygen atoms in total. The van der Waals surface area contributed by atoms with Crippen molar-refractivity contribution in [3.05, 3.63) is 52.9 Å². The molecule has 2 unspecified atom stereocenters. The summed E-state index contributed by atoms with van der Waals surface area (Å²) in [7, 11) is 0. The molecule has 0 aliphatic heterocycles. The molecule has 1 heterocycles. The molecule has 0 aliphatic carbocycles. The molecule has 118 valence electrons. The van der Waals surface area contributed by atoms with E-state index in [-0.39, 0.29) is 24.5 Å². The van der Waals surface area contributed by atoms with E-state index in [1.807, 2.05) is 44.2 Å². The highest BCUT2D eigenvalue weighted by molar-refractivity contribution is 5.84. The van der Waals surface area contributed by atoms with E-state index in [9.17, 15) is 9.90 Å². The lowest BCUT2D eigenvalue weighted by Crippen LogP contribution is -2.41. The highest BCUT2D eigenvalue weighted by Crippen LogP contribution is 2.23. The van der Waals surface area contributed by atoms with Crippen molar-refractivity contribution in [2.45, 2.75) is 39.2 Å². The number of benzene rings is 1. The smallest absolute Gasteiger partial charge is 0.227 e. The number of aliphatic hydroxyl groups is 1. The molecule has 22 heavy (non-hydrogen) atoms. The van der Waals surface area contributed by atoms with Crippen LogP contribution in [0.4, 0.5) is 0 Å². The monoisotopic (exact) mass is 302 g/mol. The van der Waals surface area contributed by atoms with Crippen LogP contribution in [0.1, 0.15) is 35.4 Å². The summed E-state index contributed by atoms with van der Waals surface area (Å²) in [6.45, 7) is 5.34. The minimum Gasteiger partial charge on any atom is -0.394 e. The van der Waals surface area contributed by atoms with E-state index in [2.05, 4.69) is 10.5 Å². The van der Waals surface area contributed by atoms with Crippen LogP contribution in [-0.4, -0.2) is 28.8 Å². The number of hydrogen-bond acceptors (Lipinski definition) is 4. The predicted octanol–water partition coefficient (Wildman–Crippen LogP) is 2.11. The lowest BCUT2D eigenvalue weighted by Gasteiger charge is -2.19. The largest absolute Gasteiger partial charge is 0.394 e. The van der Waals surface area contributed by atoms with E-state index >= 15 is 0 Å². The van der Waals surface area contributed by atoms with Crippen LogP contribution >= 0.6 is 0 Å². The topological polar surface area (TPSA) is 75.4 Å². The predicted molar refractivity (Wildman–Crippen MR) is 83.6 cm³/mol. The summed E-state index contributed by atoms with van der Waals surface area (Å²) in [6.07, 6.45) is 0.595. The fourth-order valence-corrected chi connectivity index (χ4v) is 2.63. The van der Waals surface area contributed by atoms with Gasteiger partial charge in [0.2, 0.25) is 5.91 Å². The number of amides is 1. The van der Waals surface area contributed by atoms with Gasteiger partial charge in [-0.2, -0.15) is 0 Å². The van der Waals surface area contributed by atoms with Gasteiger partial charge >= 0.3 is 0 Å². The van der Waals surface area contributed by atoms with Crippen molar-refractivity contribution in [3.8, 4) is 0 Å². The number of aliphatic hydroxyl groups excluding tert-OH is 1. The average Bonchev–Trinajstić information content (AvgIpc) is 2.85. The lowest BCUT2D eigenvalue weighted by atomic mass is 9.97. The van der Waals surface area contributed by atoms with Crippen LogP contribution in [0.2, 0.25) is 0 Å². The van der Waals surface area contributed by atoms with Gasteiger partial charge in [-0.25, -0.2) is 0 Å². The van der Waals surface area contributed by atoms with Gasteiger partial charge < -0.3 is 14.9 Å². The maximum atomic E-state index is 12.4. The molecule has 0 saturated carbocycles. The van der Waals surface area contributed by atoms with E-state index in [4.69, 9.17) is 4.52 Å². The zero-order valence-corrected chi connectivity index (χ0v) is 13.2. The molecular weight excluding hydrogens is 280 g/mol. The minimum atomic E-state index is -0.365. The normalized spacial score (nSPS) is 13.6. The molecule has 0 saturated heterocycles. The van der Waals surface area contributed by atoms with E-state index < -0.39 is 0 Å². The Hall–Kier alpha value is -2.14. The third kappa shape index (κ3) is 3.74. The standard InChI is InChI=1S/C17H22N2O3/c1-11(16-12(2)19-22-13(16)3)17(21)18-15(10-20)9-14-7-5-4-6-8-14/h4-8,11,15,20H,9-10H2,1-3H3,(H,18,21). The van der Waals surface area contributed by atoms with Gasteiger partial charge in [-0.3, -0.25) is 4.79 Å². The molecule has 0 fully saturated rings. The first kappa shape index (κ1) is 16.2. The molecule has 1 aromatic heterocycles. The molecular formula is C17H22N2O3. The van der Waals surface area contributed by atoms with Crippen LogP contribution in [0.3, 0.4) is 0 Å². The summed E-state index contributed by atoms with van der Waals surface area (Å²) in [6, 6.07) is 9.47. The average molecular weight is 302 g/mol. The molecule has 0 bridgehead atoms. The van der Waals surface area contributed by atoms with E-state index in [1.165, 1.54) is 0 Å². The Labute approximate surface area is 130 Å². The lowest BCUT2D eigenvalue weighted by molar-refractivity contribution is -0.123. The van der Waals surface area contributed by atoms with Crippen molar-refractivity contribution in [2.24, 2.45) is 0 Å². The van der Waals surface area contributed by atoms with E-state index in [0.29, 0.717) is 12.2 Å². The molecule has 2 N–H and O–H groups in total. The molecule has 0 aliphatic rings. The Kier molecular flexibility index (Phi) is 5.33. The molecule has 1 aromatic carbocycles. The summed E-state index contributed by atoms with van der Waals surface area (Å²) >= 11 is 0. The van der Waals surface area contributed by atoms with Gasteiger partial charge in [0.05, 0.1) is 24.3 Å². The van der Waals surface area contributed by atoms with Crippen LogP contribution in [0, 0.1) is 13.8 Å². The molecule has 0 radical (unpaired) electrons. The van der Waals surface area contributed by atoms with Gasteiger partial charge in [-0.05, 0) is 32.8 Å². The Bertz CT molecular complexity index is 603. The highest BCUT2D eigenvalue weighted by atomic mass is 16.5. The molecule has 1 amide bonds. The zero-order chi connectivity index (χ0) is 16.1. The summed E-state index contributed by atoms with van der Waals surface area (Å²) in [4.78, 5) is 12.4. The number of rotatable bonds is 6. The van der Waals surface area contributed by atoms with Crippen LogP contribution in [-0.2, 0) is 11.2 Å². The first-order valence-corrected chi connectivity index (χ1v) is 7.40. The Morgan fingerprint density at radius 1 is 1.32 bits per heavy atom. The maximum absolute atomic E-state index is 12.4. The second-order valence-corrected chi connectivity index (χ2v) is 5.54. The fourth-order valence-electron chi connectivity index (χ4n) is 2.63. The first-order valence-electron chi connectivity index (χ1n) is 7.40. The quantitative estimate of drug-likeness (QED) is 0.857. The van der Waals surface area contributed by atoms with Crippen LogP contribution in [0.25, 0.3) is 0 Å². The molecule has 0 spiro atoms. The van der Waals surface area contributed by atoms with Gasteiger partial charge in [0.25, 0.3) is 0 Å². The summed E-state index contributed by atoms with van der Waals surface area (Å²) < 4.78 is 5.11. The Balaban J connectivity index is 2.03. The van der Waals surface area contributed by atoms with Crippen LogP contribution in [0.15, 0.2) is 34.9 Å². The summed E-state index contributed by atoms with van der Waals surface area (Å²) in [5.41, 5.74) is 2.62. The van der Waals surface area contributed by atoms with Crippen LogP contribution in [0.5, 0.6) is 0 Å². The number of carbonyl (C=O) groups excluding carboxylic acids is 1. The van der Waals surface area contributed by atoms with E-state index in [0.717, 1.165) is 16.8 Å². The number of carbonyl (C=O) groups is 1. The Morgan fingerprint density at radius 3 is 2.55 bits per heavy atom. The maximum Gasteiger partial charge on any atom is 0.227 e. The van der Waals surface area contributed by atoms with Gasteiger partial charge in [0.15, 0.2) is 0 Å². The van der Waals surface area contributed by atoms with Crippen molar-refractivity contribution in [1.82, 2.24) is 10.5 Å². The van der Waals surface area contributed by atoms with Crippen molar-refractivity contribution < 1.29 is 14.4 Å². The molecule has 2 rings (SSSR count). The third-order valence-electron chi connectivity index (χ3n) is 3.81. The SMILES string of the molecule is Cc1noc(C)c1C(C)C(=O)NC(CO)Cc1ccccc1. The number of aryl methyl sites for hydroxylation is 2. The zero-order valence-electron chi connectivity index (χ0n) is 13.2. The fraction of sp³-hybridized carbons (Fsp3) is 0.412. The number of hydrogen-bond donors (Lipinski definition) is 2. The van der Waals surface area contributed by atoms with Gasteiger partial charge in [0.1, 0.15) is 5.76 Å². The minimum absolute atomic E-state index is 0.102. The highest BCUT2D eigenvalue weighted by Gasteiger charge is 2.24. The Morgan fingerprint density at radius 2 is 2.00 bits per heavy atom. The van der Waals surface area contributed by atoms with Crippen molar-refractivity contribution >= 4 is 5.91 Å². The van der Waals surface area contributed by atoms with Gasteiger partial charge in [0, 0.05) is 5.56 Å². The van der Waals surface area contributed by atoms with Crippen LogP contribution < -0.4 is 5.32 Å². The van der Waals surface area contributed by atoms with Gasteiger partial charge in [-0.15, -0.1) is 0 Å². The first-order chi connectivity index (χ1) is 10.5. The number of aromatic nitrogens is 1. The van der Waals surface area contributed by atoms with E-state index in [1.54, 1.807) is 6.92 Å². The summed E-state index contributed by atoms with van der Waals surface area (Å²) in [5, 5.41) is 16.3. The van der Waals surface area contributed by atoms with Crippen molar-refractivity contribution in [3.63, 3.8) is 0 Å². The van der Waals surface area contributed by atoms with Crippen molar-refractivity contribution in [2.75, 3.05) is 6.61 Å². The number of nitrogens with zero attached hydrogens (tertiary/aromatic N) is 1. The second kappa shape index (κ2) is 7.22. The molecule has 2 aromatic rings. The second-order valence-electron chi connectivity index (χ2n) is 5.54. The molecule has 2 atom stereocenters. The summed E-state index contributed by atoms with van der Waals surface area (Å²) in [5.74, 6) is 0.157. The molecule has 5 heteroatoms. The van der Waals surface area contributed by atoms with Gasteiger partial charge in [-0.1, -0.05) is 35.5 Å².